The van der Waals surface area contributed by atoms with Crippen LogP contribution >= 0.6 is 0 Å². The molecule has 0 bridgehead atoms. The van der Waals surface area contributed by atoms with E-state index in [9.17, 15) is 5.11 Å². The SMILES string of the molecule is CCC(CC)n1ccc(CNC(C)CC(C)O)n1. The zero-order chi connectivity index (χ0) is 13.5. The summed E-state index contributed by atoms with van der Waals surface area (Å²) in [7, 11) is 0. The van der Waals surface area contributed by atoms with Crippen molar-refractivity contribution in [2.24, 2.45) is 0 Å². The molecule has 1 rings (SSSR count). The van der Waals surface area contributed by atoms with Gasteiger partial charge in [-0.3, -0.25) is 4.68 Å². The molecule has 0 aliphatic carbocycles. The molecule has 4 heteroatoms. The van der Waals surface area contributed by atoms with Crippen LogP contribution in [0.25, 0.3) is 0 Å². The lowest BCUT2D eigenvalue weighted by atomic mass is 10.1. The number of aliphatic hydroxyl groups is 1. The number of nitrogens with one attached hydrogen (secondary N) is 1. The fourth-order valence-corrected chi connectivity index (χ4v) is 2.21. The van der Waals surface area contributed by atoms with Gasteiger partial charge in [-0.15, -0.1) is 0 Å². The smallest absolute Gasteiger partial charge is 0.0762 e. The van der Waals surface area contributed by atoms with Crippen LogP contribution in [0.1, 0.15) is 58.7 Å². The van der Waals surface area contributed by atoms with E-state index >= 15 is 0 Å². The molecule has 0 aromatic carbocycles. The average Bonchev–Trinajstić information content (AvgIpc) is 2.76. The second-order valence-electron chi connectivity index (χ2n) is 5.12. The molecule has 104 valence electrons. The van der Waals surface area contributed by atoms with Gasteiger partial charge in [-0.1, -0.05) is 13.8 Å². The van der Waals surface area contributed by atoms with Crippen molar-refractivity contribution in [3.63, 3.8) is 0 Å². The predicted molar refractivity (Wildman–Crippen MR) is 74.4 cm³/mol. The number of aromatic nitrogens is 2. The quantitative estimate of drug-likeness (QED) is 0.748. The van der Waals surface area contributed by atoms with Gasteiger partial charge in [-0.05, 0) is 39.2 Å². The molecule has 18 heavy (non-hydrogen) atoms. The summed E-state index contributed by atoms with van der Waals surface area (Å²) in [5, 5.41) is 17.3. The normalized spacial score (nSPS) is 15.0. The molecule has 0 radical (unpaired) electrons. The Morgan fingerprint density at radius 3 is 2.56 bits per heavy atom. The lowest BCUT2D eigenvalue weighted by Gasteiger charge is -2.15. The molecular formula is C14H27N3O. The molecule has 2 N–H and O–H groups in total. The summed E-state index contributed by atoms with van der Waals surface area (Å²) in [4.78, 5) is 0. The van der Waals surface area contributed by atoms with E-state index in [1.54, 1.807) is 0 Å². The summed E-state index contributed by atoms with van der Waals surface area (Å²) < 4.78 is 2.07. The fourth-order valence-electron chi connectivity index (χ4n) is 2.21. The van der Waals surface area contributed by atoms with E-state index in [4.69, 9.17) is 0 Å². The van der Waals surface area contributed by atoms with Crippen molar-refractivity contribution in [2.45, 2.75) is 71.7 Å². The number of aliphatic hydroxyl groups excluding tert-OH is 1. The van der Waals surface area contributed by atoms with Crippen LogP contribution < -0.4 is 5.32 Å². The van der Waals surface area contributed by atoms with Crippen LogP contribution in [0.2, 0.25) is 0 Å². The van der Waals surface area contributed by atoms with E-state index in [-0.39, 0.29) is 6.10 Å². The van der Waals surface area contributed by atoms with Gasteiger partial charge in [0.25, 0.3) is 0 Å². The minimum absolute atomic E-state index is 0.255. The first-order chi connectivity index (χ1) is 8.56. The van der Waals surface area contributed by atoms with Crippen LogP contribution in [0, 0.1) is 0 Å². The summed E-state index contributed by atoms with van der Waals surface area (Å²) in [6, 6.07) is 2.89. The standard InChI is InChI=1S/C14H27N3O/c1-5-14(6-2)17-8-7-13(16-17)10-15-11(3)9-12(4)18/h7-8,11-12,14-15,18H,5-6,9-10H2,1-4H3. The molecule has 0 aliphatic heterocycles. The van der Waals surface area contributed by atoms with Crippen LogP contribution in [0.15, 0.2) is 12.3 Å². The Hall–Kier alpha value is -0.870. The Labute approximate surface area is 110 Å². The summed E-state index contributed by atoms with van der Waals surface area (Å²) in [5.41, 5.74) is 1.07. The van der Waals surface area contributed by atoms with Crippen molar-refractivity contribution >= 4 is 0 Å². The van der Waals surface area contributed by atoms with Crippen LogP contribution in [0.5, 0.6) is 0 Å². The van der Waals surface area contributed by atoms with Gasteiger partial charge in [0.05, 0.1) is 17.8 Å². The van der Waals surface area contributed by atoms with Crippen molar-refractivity contribution in [1.82, 2.24) is 15.1 Å². The molecule has 1 aromatic heterocycles. The van der Waals surface area contributed by atoms with Crippen molar-refractivity contribution in [2.75, 3.05) is 0 Å². The van der Waals surface area contributed by atoms with Crippen LogP contribution in [0.4, 0.5) is 0 Å². The van der Waals surface area contributed by atoms with Gasteiger partial charge in [-0.2, -0.15) is 5.10 Å². The van der Waals surface area contributed by atoms with E-state index in [0.29, 0.717) is 12.1 Å². The molecule has 1 aromatic rings. The molecule has 1 heterocycles. The van der Waals surface area contributed by atoms with Gasteiger partial charge in [0.15, 0.2) is 0 Å². The third-order valence-corrected chi connectivity index (χ3v) is 3.31. The second-order valence-corrected chi connectivity index (χ2v) is 5.12. The number of hydrogen-bond acceptors (Lipinski definition) is 3. The van der Waals surface area contributed by atoms with Crippen LogP contribution in [-0.4, -0.2) is 27.0 Å². The van der Waals surface area contributed by atoms with Gasteiger partial charge in [0.1, 0.15) is 0 Å². The number of hydrogen-bond donors (Lipinski definition) is 2. The van der Waals surface area contributed by atoms with Crippen molar-refractivity contribution in [3.05, 3.63) is 18.0 Å². The molecule has 0 aliphatic rings. The highest BCUT2D eigenvalue weighted by Crippen LogP contribution is 2.14. The summed E-state index contributed by atoms with van der Waals surface area (Å²) in [6.07, 6.45) is 4.81. The summed E-state index contributed by atoms with van der Waals surface area (Å²) >= 11 is 0. The third kappa shape index (κ3) is 4.78. The minimum Gasteiger partial charge on any atom is -0.393 e. The molecule has 0 saturated heterocycles. The zero-order valence-corrected chi connectivity index (χ0v) is 12.1. The fraction of sp³-hybridized carbons (Fsp3) is 0.786. The van der Waals surface area contributed by atoms with E-state index in [2.05, 4.69) is 48.1 Å². The molecule has 0 fully saturated rings. The lowest BCUT2D eigenvalue weighted by molar-refractivity contribution is 0.170. The van der Waals surface area contributed by atoms with Gasteiger partial charge in [0, 0.05) is 18.8 Å². The molecular weight excluding hydrogens is 226 g/mol. The summed E-state index contributed by atoms with van der Waals surface area (Å²) in [5.74, 6) is 0. The molecule has 0 saturated carbocycles. The van der Waals surface area contributed by atoms with Crippen LogP contribution in [-0.2, 0) is 6.54 Å². The predicted octanol–water partition coefficient (Wildman–Crippen LogP) is 2.49. The maximum absolute atomic E-state index is 9.30. The molecule has 2 unspecified atom stereocenters. The highest BCUT2D eigenvalue weighted by Gasteiger charge is 2.09. The Morgan fingerprint density at radius 1 is 1.33 bits per heavy atom. The van der Waals surface area contributed by atoms with E-state index in [1.807, 2.05) is 6.92 Å². The average molecular weight is 253 g/mol. The third-order valence-electron chi connectivity index (χ3n) is 3.31. The maximum atomic E-state index is 9.30. The molecule has 2 atom stereocenters. The largest absolute Gasteiger partial charge is 0.393 e. The first-order valence-electron chi connectivity index (χ1n) is 7.02. The molecule has 0 spiro atoms. The minimum atomic E-state index is -0.255. The van der Waals surface area contributed by atoms with Gasteiger partial charge >= 0.3 is 0 Å². The Kier molecular flexibility index (Phi) is 6.36. The Balaban J connectivity index is 2.44. The Bertz CT molecular complexity index is 332. The second kappa shape index (κ2) is 7.54. The van der Waals surface area contributed by atoms with E-state index in [0.717, 1.165) is 31.5 Å². The zero-order valence-electron chi connectivity index (χ0n) is 12.1. The molecule has 0 amide bonds. The highest BCUT2D eigenvalue weighted by atomic mass is 16.3. The van der Waals surface area contributed by atoms with Crippen LogP contribution in [0.3, 0.4) is 0 Å². The van der Waals surface area contributed by atoms with Gasteiger partial charge < -0.3 is 10.4 Å². The van der Waals surface area contributed by atoms with Gasteiger partial charge in [-0.25, -0.2) is 0 Å². The summed E-state index contributed by atoms with van der Waals surface area (Å²) in [6.45, 7) is 9.06. The maximum Gasteiger partial charge on any atom is 0.0762 e. The monoisotopic (exact) mass is 253 g/mol. The molecule has 4 nitrogen and oxygen atoms in total. The first kappa shape index (κ1) is 15.2. The van der Waals surface area contributed by atoms with Gasteiger partial charge in [0.2, 0.25) is 0 Å². The topological polar surface area (TPSA) is 50.1 Å². The first-order valence-corrected chi connectivity index (χ1v) is 7.02. The Morgan fingerprint density at radius 2 is 2.00 bits per heavy atom. The van der Waals surface area contributed by atoms with E-state index in [1.165, 1.54) is 0 Å². The van der Waals surface area contributed by atoms with Crippen molar-refractivity contribution < 1.29 is 5.11 Å². The van der Waals surface area contributed by atoms with Crippen molar-refractivity contribution in [3.8, 4) is 0 Å². The van der Waals surface area contributed by atoms with E-state index < -0.39 is 0 Å². The highest BCUT2D eigenvalue weighted by molar-refractivity contribution is 4.99. The lowest BCUT2D eigenvalue weighted by Crippen LogP contribution is -2.28. The number of nitrogens with zero attached hydrogens (tertiary/aromatic N) is 2. The number of rotatable bonds is 8. The van der Waals surface area contributed by atoms with Crippen molar-refractivity contribution in [1.29, 1.82) is 0 Å².